The Labute approximate surface area is 289 Å². The molecule has 12 heteroatoms. The van der Waals surface area contributed by atoms with Crippen LogP contribution >= 0.6 is 0 Å². The Kier molecular flexibility index (Phi) is 10.6. The zero-order valence-electron chi connectivity index (χ0n) is 27.2. The van der Waals surface area contributed by atoms with E-state index in [1.807, 2.05) is 54.6 Å². The predicted octanol–water partition coefficient (Wildman–Crippen LogP) is 7.82. The van der Waals surface area contributed by atoms with Gasteiger partial charge in [0.1, 0.15) is 34.7 Å². The molecule has 1 aliphatic heterocycles. The number of carboxylic acid groups (broad SMARTS) is 1. The van der Waals surface area contributed by atoms with Gasteiger partial charge in [-0.3, -0.25) is 4.79 Å². The molecule has 0 spiro atoms. The first-order chi connectivity index (χ1) is 24.0. The highest BCUT2D eigenvalue weighted by Crippen LogP contribution is 2.35. The van der Waals surface area contributed by atoms with Crippen LogP contribution in [0, 0.1) is 17.5 Å². The summed E-state index contributed by atoms with van der Waals surface area (Å²) in [7, 11) is -4.85. The van der Waals surface area contributed by atoms with Crippen LogP contribution in [0.3, 0.4) is 0 Å². The molecule has 1 unspecified atom stereocenters. The van der Waals surface area contributed by atoms with E-state index in [1.165, 1.54) is 47.9 Å². The van der Waals surface area contributed by atoms with Gasteiger partial charge in [-0.05, 0) is 66.5 Å². The Morgan fingerprint density at radius 1 is 0.840 bits per heavy atom. The lowest BCUT2D eigenvalue weighted by molar-refractivity contribution is -0.121. The number of carboxylic acids is 1. The van der Waals surface area contributed by atoms with Gasteiger partial charge in [0.05, 0.1) is 6.54 Å². The van der Waals surface area contributed by atoms with E-state index in [0.717, 1.165) is 28.3 Å². The maximum absolute atomic E-state index is 14.8. The number of hydrogen-bond donors (Lipinski definition) is 1. The number of ether oxygens (including phenoxy) is 1. The minimum Gasteiger partial charge on any atom is -0.488 e. The quantitative estimate of drug-likeness (QED) is 0.160. The summed E-state index contributed by atoms with van der Waals surface area (Å²) in [5, 5.41) is 9.92. The molecule has 0 radical (unpaired) electrons. The van der Waals surface area contributed by atoms with Crippen molar-refractivity contribution in [2.45, 2.75) is 75.0 Å². The lowest BCUT2D eigenvalue weighted by Gasteiger charge is -2.31. The number of hydrogen-bond acceptors (Lipinski definition) is 5. The lowest BCUT2D eigenvalue weighted by atomic mass is 9.84. The second-order valence-corrected chi connectivity index (χ2v) is 14.6. The fraction of sp³-hybridized carbons (Fsp3) is 0.316. The largest absolute Gasteiger partial charge is 0.488 e. The first-order valence-corrected chi connectivity index (χ1v) is 18.1. The molecule has 50 heavy (non-hydrogen) atoms. The lowest BCUT2D eigenvalue weighted by Crippen LogP contribution is -2.48. The van der Waals surface area contributed by atoms with Crippen LogP contribution in [-0.4, -0.2) is 42.3 Å². The summed E-state index contributed by atoms with van der Waals surface area (Å²) >= 11 is 0. The highest BCUT2D eigenvalue weighted by Gasteiger charge is 2.43. The molecule has 4 aromatic rings. The molecule has 0 aromatic heterocycles. The second-order valence-electron chi connectivity index (χ2n) is 12.7. The highest BCUT2D eigenvalue weighted by molar-refractivity contribution is 7.89. The number of sulfonamides is 1. The Morgan fingerprint density at radius 3 is 2.26 bits per heavy atom. The number of anilines is 1. The number of rotatable bonds is 11. The van der Waals surface area contributed by atoms with Crippen LogP contribution in [0.25, 0.3) is 0 Å². The number of aromatic carboxylic acids is 1. The third-order valence-electron chi connectivity index (χ3n) is 9.44. The third kappa shape index (κ3) is 7.56. The van der Waals surface area contributed by atoms with Crippen molar-refractivity contribution in [1.82, 2.24) is 4.31 Å². The van der Waals surface area contributed by atoms with Crippen LogP contribution in [0.1, 0.15) is 77.9 Å². The van der Waals surface area contributed by atoms with Crippen LogP contribution < -0.4 is 9.64 Å². The molecule has 1 saturated carbocycles. The van der Waals surface area contributed by atoms with E-state index < -0.39 is 50.3 Å². The van der Waals surface area contributed by atoms with Crippen LogP contribution in [-0.2, 0) is 28.0 Å². The van der Waals surface area contributed by atoms with Crippen molar-refractivity contribution in [3.05, 3.63) is 125 Å². The van der Waals surface area contributed by atoms with E-state index in [1.54, 1.807) is 0 Å². The molecule has 0 bridgehead atoms. The van der Waals surface area contributed by atoms with Crippen LogP contribution in [0.2, 0.25) is 0 Å². The van der Waals surface area contributed by atoms with E-state index in [4.69, 9.17) is 4.74 Å². The van der Waals surface area contributed by atoms with Crippen LogP contribution in [0.4, 0.5) is 18.9 Å². The number of halogens is 3. The molecule has 4 aromatic carbocycles. The van der Waals surface area contributed by atoms with E-state index in [9.17, 15) is 36.3 Å². The molecule has 1 N–H and O–H groups in total. The van der Waals surface area contributed by atoms with Gasteiger partial charge in [0.2, 0.25) is 15.9 Å². The van der Waals surface area contributed by atoms with Crippen molar-refractivity contribution in [2.24, 2.45) is 0 Å². The van der Waals surface area contributed by atoms with Gasteiger partial charge in [-0.25, -0.2) is 26.4 Å². The van der Waals surface area contributed by atoms with Gasteiger partial charge >= 0.3 is 5.97 Å². The van der Waals surface area contributed by atoms with E-state index in [0.29, 0.717) is 12.0 Å². The minimum atomic E-state index is -4.85. The smallest absolute Gasteiger partial charge is 0.339 e. The van der Waals surface area contributed by atoms with E-state index >= 15 is 0 Å². The van der Waals surface area contributed by atoms with Crippen molar-refractivity contribution < 1.29 is 41.0 Å². The summed E-state index contributed by atoms with van der Waals surface area (Å²) < 4.78 is 77.1. The second kappa shape index (κ2) is 15.1. The molecule has 2 aliphatic rings. The summed E-state index contributed by atoms with van der Waals surface area (Å²) in [4.78, 5) is 26.8. The topological polar surface area (TPSA) is 104 Å². The normalized spacial score (nSPS) is 17.1. The maximum Gasteiger partial charge on any atom is 0.339 e. The average Bonchev–Trinajstić information content (AvgIpc) is 3.63. The molecule has 1 saturated heterocycles. The molecule has 6 rings (SSSR count). The zero-order chi connectivity index (χ0) is 35.4. The Bertz CT molecular complexity index is 1970. The van der Waals surface area contributed by atoms with Gasteiger partial charge in [-0.15, -0.1) is 0 Å². The Hall–Kier alpha value is -4.68. The fourth-order valence-electron chi connectivity index (χ4n) is 6.82. The van der Waals surface area contributed by atoms with Crippen LogP contribution in [0.15, 0.2) is 89.8 Å². The molecule has 1 amide bonds. The van der Waals surface area contributed by atoms with Crippen LogP contribution in [0.5, 0.6) is 5.75 Å². The number of carbonyl (C=O) groups is 2. The molecule has 1 aliphatic carbocycles. The summed E-state index contributed by atoms with van der Waals surface area (Å²) in [5.41, 5.74) is 2.83. The Morgan fingerprint density at radius 2 is 1.56 bits per heavy atom. The summed E-state index contributed by atoms with van der Waals surface area (Å²) in [6.45, 7) is -0.142. The minimum absolute atomic E-state index is 0.00231. The molecule has 8 nitrogen and oxygen atoms in total. The molecule has 2 fully saturated rings. The summed E-state index contributed by atoms with van der Waals surface area (Å²) in [6, 6.07) is 20.5. The standard InChI is InChI=1S/C38H37F3N2O6S/c39-29-20-32(40)36(41)35(21-29)50(47,48)43-19-7-12-33(43)37(44)42(23-25-13-15-28(16-14-25)27-10-5-2-6-11-27)30-17-18-31(38(45)46)34(22-30)49-24-26-8-3-1-4-9-26/h1,3-4,8-9,13-18,20-22,27,33H,2,5-7,10-12,19,23-24H2,(H,45,46). The fourth-order valence-corrected chi connectivity index (χ4v) is 8.56. The van der Waals surface area contributed by atoms with Gasteiger partial charge in [-0.2, -0.15) is 4.31 Å². The maximum atomic E-state index is 14.8. The monoisotopic (exact) mass is 706 g/mol. The first kappa shape index (κ1) is 35.2. The number of nitrogens with zero attached hydrogens (tertiary/aromatic N) is 2. The number of benzene rings is 4. The van der Waals surface area contributed by atoms with Gasteiger partial charge < -0.3 is 14.7 Å². The SMILES string of the molecule is O=C(O)c1ccc(N(Cc2ccc(C3CCCCC3)cc2)C(=O)C2CCCN2S(=O)(=O)c2cc(F)cc(F)c2F)cc1OCc1ccccc1. The molecule has 1 heterocycles. The summed E-state index contributed by atoms with van der Waals surface area (Å²) in [6.07, 6.45) is 6.08. The van der Waals surface area contributed by atoms with Crippen molar-refractivity contribution >= 4 is 27.6 Å². The van der Waals surface area contributed by atoms with Gasteiger partial charge in [0.25, 0.3) is 0 Å². The molecule has 262 valence electrons. The first-order valence-electron chi connectivity index (χ1n) is 16.6. The van der Waals surface area contributed by atoms with Crippen molar-refractivity contribution in [1.29, 1.82) is 0 Å². The van der Waals surface area contributed by atoms with E-state index in [-0.39, 0.29) is 55.6 Å². The van der Waals surface area contributed by atoms with Gasteiger partial charge in [-0.1, -0.05) is 73.9 Å². The molecular formula is C38H37F3N2O6S. The Balaban J connectivity index is 1.36. The third-order valence-corrected chi connectivity index (χ3v) is 11.3. The molecule has 1 atom stereocenters. The zero-order valence-corrected chi connectivity index (χ0v) is 28.1. The van der Waals surface area contributed by atoms with Crippen molar-refractivity contribution in [3.63, 3.8) is 0 Å². The summed E-state index contributed by atoms with van der Waals surface area (Å²) in [5.74, 6) is -6.13. The van der Waals surface area contributed by atoms with Gasteiger partial charge in [0.15, 0.2) is 11.6 Å². The average molecular weight is 707 g/mol. The van der Waals surface area contributed by atoms with Gasteiger partial charge in [0, 0.05) is 24.4 Å². The molecular weight excluding hydrogens is 669 g/mol. The van der Waals surface area contributed by atoms with E-state index in [2.05, 4.69) is 0 Å². The predicted molar refractivity (Wildman–Crippen MR) is 181 cm³/mol. The van der Waals surface area contributed by atoms with Crippen molar-refractivity contribution in [3.8, 4) is 5.75 Å². The number of carbonyl (C=O) groups excluding carboxylic acids is 1. The van der Waals surface area contributed by atoms with Crippen molar-refractivity contribution in [2.75, 3.05) is 11.4 Å². The number of amides is 1. The highest BCUT2D eigenvalue weighted by atomic mass is 32.2.